The molecule has 1 amide bonds. The molecule has 92 valence electrons. The Hall–Kier alpha value is -1.65. The van der Waals surface area contributed by atoms with Crippen molar-refractivity contribution in [1.82, 2.24) is 9.97 Å². The summed E-state index contributed by atoms with van der Waals surface area (Å²) in [6, 6.07) is 2.23. The highest BCUT2D eigenvalue weighted by atomic mass is 35.5. The van der Waals surface area contributed by atoms with Gasteiger partial charge in [-0.2, -0.15) is 0 Å². The molecule has 0 aliphatic carbocycles. The third-order valence-corrected chi connectivity index (χ3v) is 2.61. The number of hydrogen-bond donors (Lipinski definition) is 1. The second-order valence-electron chi connectivity index (χ2n) is 3.19. The van der Waals surface area contributed by atoms with E-state index in [-0.39, 0.29) is 16.4 Å². The van der Waals surface area contributed by atoms with E-state index in [4.69, 9.17) is 30.1 Å². The lowest BCUT2D eigenvalue weighted by Gasteiger charge is -2.09. The summed E-state index contributed by atoms with van der Waals surface area (Å²) in [6.07, 6.45) is 0.789. The summed E-state index contributed by atoms with van der Waals surface area (Å²) in [4.78, 5) is 19.5. The molecule has 0 aliphatic heterocycles. The standard InChI is InChI=1S/C12H9Cl2N3O/c1-7-4-6-16-11(14)9(7)17-12(18)8-3-2-5-15-10(8)13/h2-6H,1H3,(H,17,18)/i1D3,4D,6D. The van der Waals surface area contributed by atoms with Crippen LogP contribution >= 0.6 is 23.2 Å². The molecule has 0 radical (unpaired) electrons. The van der Waals surface area contributed by atoms with Gasteiger partial charge in [-0.15, -0.1) is 0 Å². The molecule has 6 heteroatoms. The van der Waals surface area contributed by atoms with Gasteiger partial charge in [-0.3, -0.25) is 4.79 Å². The highest BCUT2D eigenvalue weighted by Crippen LogP contribution is 2.24. The molecule has 0 unspecified atom stereocenters. The van der Waals surface area contributed by atoms with Gasteiger partial charge in [0.05, 0.1) is 14.0 Å². The molecule has 2 aromatic heterocycles. The van der Waals surface area contributed by atoms with Crippen LogP contribution in [0.5, 0.6) is 0 Å². The molecular formula is C12H9Cl2N3O. The molecule has 0 spiro atoms. The number of pyridine rings is 2. The monoisotopic (exact) mass is 286 g/mol. The molecule has 0 atom stereocenters. The number of hydrogen-bond acceptors (Lipinski definition) is 3. The number of carbonyl (C=O) groups is 1. The number of rotatable bonds is 2. The normalized spacial score (nSPS) is 14.9. The Kier molecular flexibility index (Phi) is 2.28. The Morgan fingerprint density at radius 1 is 1.44 bits per heavy atom. The van der Waals surface area contributed by atoms with Crippen LogP contribution in [0.3, 0.4) is 0 Å². The maximum atomic E-state index is 12.2. The Labute approximate surface area is 121 Å². The molecule has 4 nitrogen and oxygen atoms in total. The smallest absolute Gasteiger partial charge is 0.258 e. The van der Waals surface area contributed by atoms with Crippen molar-refractivity contribution in [3.63, 3.8) is 0 Å². The first-order chi connectivity index (χ1) is 10.6. The van der Waals surface area contributed by atoms with Crippen molar-refractivity contribution < 1.29 is 11.6 Å². The average Bonchev–Trinajstić information content (AvgIpc) is 2.43. The summed E-state index contributed by atoms with van der Waals surface area (Å²) in [7, 11) is 0. The first-order valence-electron chi connectivity index (χ1n) is 7.22. The summed E-state index contributed by atoms with van der Waals surface area (Å²) >= 11 is 11.7. The number of nitrogens with zero attached hydrogens (tertiary/aromatic N) is 2. The van der Waals surface area contributed by atoms with Crippen LogP contribution in [0.2, 0.25) is 10.3 Å². The van der Waals surface area contributed by atoms with Crippen LogP contribution in [-0.2, 0) is 0 Å². The quantitative estimate of drug-likeness (QED) is 0.862. The van der Waals surface area contributed by atoms with Gasteiger partial charge in [-0.1, -0.05) is 23.2 Å². The molecule has 0 aromatic carbocycles. The molecule has 0 saturated heterocycles. The fourth-order valence-corrected chi connectivity index (χ4v) is 1.59. The van der Waals surface area contributed by atoms with E-state index in [1.54, 1.807) is 0 Å². The summed E-state index contributed by atoms with van der Waals surface area (Å²) in [6.45, 7) is -2.76. The zero-order valence-electron chi connectivity index (χ0n) is 13.8. The summed E-state index contributed by atoms with van der Waals surface area (Å²) < 4.78 is 37.7. The number of amides is 1. The van der Waals surface area contributed by atoms with E-state index in [2.05, 4.69) is 15.3 Å². The maximum absolute atomic E-state index is 12.2. The topological polar surface area (TPSA) is 54.9 Å². The number of anilines is 1. The van der Waals surface area contributed by atoms with Crippen LogP contribution in [-0.4, -0.2) is 15.9 Å². The minimum Gasteiger partial charge on any atom is -0.319 e. The SMILES string of the molecule is [2H]c1nc(Cl)c(NC(=O)c2cccnc2Cl)c(C([2H])([2H])[2H])c1[2H]. The van der Waals surface area contributed by atoms with Crippen LogP contribution in [0.4, 0.5) is 5.69 Å². The number of aromatic nitrogens is 2. The number of nitrogens with one attached hydrogen (secondary N) is 1. The van der Waals surface area contributed by atoms with Gasteiger partial charge in [-0.25, -0.2) is 9.97 Å². The minimum atomic E-state index is -2.76. The van der Waals surface area contributed by atoms with E-state index in [0.29, 0.717) is 0 Å². The van der Waals surface area contributed by atoms with Crippen LogP contribution in [0.1, 0.15) is 22.8 Å². The molecule has 0 saturated carbocycles. The van der Waals surface area contributed by atoms with Gasteiger partial charge in [0.25, 0.3) is 5.91 Å². The van der Waals surface area contributed by atoms with Crippen LogP contribution in [0, 0.1) is 6.85 Å². The molecule has 2 rings (SSSR count). The van der Waals surface area contributed by atoms with Crippen molar-refractivity contribution in [2.45, 2.75) is 6.85 Å². The lowest BCUT2D eigenvalue weighted by molar-refractivity contribution is 0.102. The van der Waals surface area contributed by atoms with Crippen molar-refractivity contribution in [1.29, 1.82) is 0 Å². The van der Waals surface area contributed by atoms with Gasteiger partial charge in [-0.05, 0) is 30.6 Å². The molecule has 2 heterocycles. The third-order valence-electron chi connectivity index (χ3n) is 2.03. The molecule has 2 aromatic rings. The van der Waals surface area contributed by atoms with E-state index in [1.165, 1.54) is 18.3 Å². The second kappa shape index (κ2) is 5.33. The largest absolute Gasteiger partial charge is 0.319 e. The van der Waals surface area contributed by atoms with E-state index in [0.717, 1.165) is 0 Å². The van der Waals surface area contributed by atoms with Crippen LogP contribution in [0.15, 0.2) is 30.5 Å². The van der Waals surface area contributed by atoms with E-state index in [9.17, 15) is 4.79 Å². The summed E-state index contributed by atoms with van der Waals surface area (Å²) in [5, 5.41) is 1.82. The second-order valence-corrected chi connectivity index (χ2v) is 3.90. The Morgan fingerprint density at radius 3 is 3.00 bits per heavy atom. The first-order valence-corrected chi connectivity index (χ1v) is 5.47. The number of halogens is 2. The molecule has 0 bridgehead atoms. The fraction of sp³-hybridized carbons (Fsp3) is 0.0833. The zero-order valence-corrected chi connectivity index (χ0v) is 10.3. The van der Waals surface area contributed by atoms with Crippen molar-refractivity contribution >= 4 is 34.8 Å². The maximum Gasteiger partial charge on any atom is 0.258 e. The number of carbonyl (C=O) groups excluding carboxylic acids is 1. The van der Waals surface area contributed by atoms with Crippen molar-refractivity contribution in [2.75, 3.05) is 5.32 Å². The van der Waals surface area contributed by atoms with E-state index >= 15 is 0 Å². The molecule has 0 aliphatic rings. The van der Waals surface area contributed by atoms with Gasteiger partial charge in [0.15, 0.2) is 5.15 Å². The lowest BCUT2D eigenvalue weighted by Crippen LogP contribution is -2.14. The highest BCUT2D eigenvalue weighted by Gasteiger charge is 2.14. The third kappa shape index (κ3) is 2.60. The summed E-state index contributed by atoms with van der Waals surface area (Å²) in [5.41, 5.74) is -0.906. The predicted molar refractivity (Wildman–Crippen MR) is 71.2 cm³/mol. The molecule has 1 N–H and O–H groups in total. The van der Waals surface area contributed by atoms with Crippen molar-refractivity contribution in [3.8, 4) is 0 Å². The van der Waals surface area contributed by atoms with Crippen molar-refractivity contribution in [2.24, 2.45) is 0 Å². The van der Waals surface area contributed by atoms with Gasteiger partial charge in [0, 0.05) is 16.5 Å². The van der Waals surface area contributed by atoms with Gasteiger partial charge < -0.3 is 5.32 Å². The minimum absolute atomic E-state index is 0.00297. The highest BCUT2D eigenvalue weighted by molar-refractivity contribution is 6.34. The Balaban J connectivity index is 2.54. The molecule has 18 heavy (non-hydrogen) atoms. The van der Waals surface area contributed by atoms with Gasteiger partial charge in [0.1, 0.15) is 5.15 Å². The van der Waals surface area contributed by atoms with E-state index < -0.39 is 35.7 Å². The first kappa shape index (κ1) is 7.71. The predicted octanol–water partition coefficient (Wildman–Crippen LogP) is 3.34. The molecular weight excluding hydrogens is 273 g/mol. The van der Waals surface area contributed by atoms with Gasteiger partial charge in [0.2, 0.25) is 0 Å². The fourth-order valence-electron chi connectivity index (χ4n) is 1.20. The van der Waals surface area contributed by atoms with Crippen LogP contribution in [0.25, 0.3) is 0 Å². The van der Waals surface area contributed by atoms with Crippen LogP contribution < -0.4 is 5.32 Å². The Morgan fingerprint density at radius 2 is 2.28 bits per heavy atom. The lowest BCUT2D eigenvalue weighted by atomic mass is 10.2. The Bertz CT molecular complexity index is 782. The molecule has 0 fully saturated rings. The van der Waals surface area contributed by atoms with E-state index in [1.807, 2.05) is 0 Å². The summed E-state index contributed by atoms with van der Waals surface area (Å²) in [5.74, 6) is -0.755. The average molecular weight is 287 g/mol. The van der Waals surface area contributed by atoms with Crippen molar-refractivity contribution in [3.05, 3.63) is 52.0 Å². The van der Waals surface area contributed by atoms with Gasteiger partial charge >= 0.3 is 0 Å². The zero-order chi connectivity index (χ0) is 17.4.